The van der Waals surface area contributed by atoms with E-state index >= 15 is 0 Å². The zero-order chi connectivity index (χ0) is 18.5. The molecule has 4 rings (SSSR count). The fourth-order valence-electron chi connectivity index (χ4n) is 3.81. The zero-order valence-corrected chi connectivity index (χ0v) is 16.1. The molecule has 1 aromatic carbocycles. The summed E-state index contributed by atoms with van der Waals surface area (Å²) in [7, 11) is 1.68. The van der Waals surface area contributed by atoms with Gasteiger partial charge < -0.3 is 19.7 Å². The summed E-state index contributed by atoms with van der Waals surface area (Å²) in [4.78, 5) is 6.80. The normalized spacial score (nSPS) is 20.0. The van der Waals surface area contributed by atoms with Crippen LogP contribution in [-0.2, 0) is 13.2 Å². The third kappa shape index (κ3) is 4.99. The number of benzene rings is 1. The standard InChI is InChI=1S/C22H29N3O2/c1-26-21-7-4-17(11-22(21)27-16-19-3-2-9-23-14-19)12-24-13-18-8-10-25(15-18)20-5-6-20/h2-4,7,9,11,14,18,20,24H,5-6,8,10,12-13,15-16H2,1H3. The van der Waals surface area contributed by atoms with E-state index in [1.165, 1.54) is 37.9 Å². The van der Waals surface area contributed by atoms with Gasteiger partial charge in [0.1, 0.15) is 6.61 Å². The van der Waals surface area contributed by atoms with Crippen molar-refractivity contribution in [1.29, 1.82) is 0 Å². The Kier molecular flexibility index (Phi) is 5.90. The molecule has 5 heteroatoms. The van der Waals surface area contributed by atoms with Gasteiger partial charge in [-0.25, -0.2) is 0 Å². The molecule has 2 aromatic rings. The highest BCUT2D eigenvalue weighted by Crippen LogP contribution is 2.32. The predicted molar refractivity (Wildman–Crippen MR) is 106 cm³/mol. The minimum Gasteiger partial charge on any atom is -0.493 e. The Morgan fingerprint density at radius 1 is 1.15 bits per heavy atom. The minimum absolute atomic E-state index is 0.486. The van der Waals surface area contributed by atoms with Crippen molar-refractivity contribution in [2.24, 2.45) is 5.92 Å². The molecular weight excluding hydrogens is 338 g/mol. The third-order valence-corrected chi connectivity index (χ3v) is 5.49. The highest BCUT2D eigenvalue weighted by atomic mass is 16.5. The number of aromatic nitrogens is 1. The summed E-state index contributed by atoms with van der Waals surface area (Å²) < 4.78 is 11.4. The number of ether oxygens (including phenoxy) is 2. The van der Waals surface area contributed by atoms with Crippen LogP contribution in [0.4, 0.5) is 0 Å². The molecule has 0 radical (unpaired) electrons. The molecule has 1 saturated heterocycles. The van der Waals surface area contributed by atoms with Gasteiger partial charge in [0, 0.05) is 37.1 Å². The second-order valence-electron chi connectivity index (χ2n) is 7.65. The van der Waals surface area contributed by atoms with E-state index in [4.69, 9.17) is 9.47 Å². The molecule has 144 valence electrons. The molecule has 5 nitrogen and oxygen atoms in total. The minimum atomic E-state index is 0.486. The van der Waals surface area contributed by atoms with Gasteiger partial charge in [-0.2, -0.15) is 0 Å². The van der Waals surface area contributed by atoms with E-state index in [0.717, 1.165) is 42.1 Å². The van der Waals surface area contributed by atoms with Gasteiger partial charge in [-0.3, -0.25) is 4.98 Å². The maximum Gasteiger partial charge on any atom is 0.161 e. The molecule has 2 heterocycles. The molecule has 1 aromatic heterocycles. The fourth-order valence-corrected chi connectivity index (χ4v) is 3.81. The topological polar surface area (TPSA) is 46.6 Å². The lowest BCUT2D eigenvalue weighted by molar-refractivity contribution is 0.283. The number of nitrogens with one attached hydrogen (secondary N) is 1. The van der Waals surface area contributed by atoms with Crippen molar-refractivity contribution in [2.45, 2.75) is 38.5 Å². The Bertz CT molecular complexity index is 734. The average molecular weight is 367 g/mol. The summed E-state index contributed by atoms with van der Waals surface area (Å²) in [6.07, 6.45) is 7.74. The van der Waals surface area contributed by atoms with Gasteiger partial charge >= 0.3 is 0 Å². The Morgan fingerprint density at radius 2 is 2.07 bits per heavy atom. The number of rotatable bonds is 9. The van der Waals surface area contributed by atoms with E-state index in [1.54, 1.807) is 13.3 Å². The molecular formula is C22H29N3O2. The molecule has 1 aliphatic heterocycles. The SMILES string of the molecule is COc1ccc(CNCC2CCN(C3CC3)C2)cc1OCc1cccnc1. The summed E-state index contributed by atoms with van der Waals surface area (Å²) in [6.45, 7) is 4.97. The van der Waals surface area contributed by atoms with E-state index < -0.39 is 0 Å². The summed E-state index contributed by atoms with van der Waals surface area (Å²) >= 11 is 0. The third-order valence-electron chi connectivity index (χ3n) is 5.49. The van der Waals surface area contributed by atoms with Crippen molar-refractivity contribution in [2.75, 3.05) is 26.7 Å². The fraction of sp³-hybridized carbons (Fsp3) is 0.500. The Morgan fingerprint density at radius 3 is 2.85 bits per heavy atom. The molecule has 0 bridgehead atoms. The smallest absolute Gasteiger partial charge is 0.161 e. The maximum atomic E-state index is 5.98. The number of hydrogen-bond donors (Lipinski definition) is 1. The van der Waals surface area contributed by atoms with Crippen LogP contribution < -0.4 is 14.8 Å². The lowest BCUT2D eigenvalue weighted by atomic mass is 10.1. The van der Waals surface area contributed by atoms with E-state index in [1.807, 2.05) is 24.4 Å². The van der Waals surface area contributed by atoms with Gasteiger partial charge in [0.2, 0.25) is 0 Å². The number of pyridine rings is 1. The second-order valence-corrected chi connectivity index (χ2v) is 7.65. The first-order valence-electron chi connectivity index (χ1n) is 9.95. The molecule has 0 amide bonds. The van der Waals surface area contributed by atoms with Crippen molar-refractivity contribution in [3.05, 3.63) is 53.9 Å². The van der Waals surface area contributed by atoms with Crippen molar-refractivity contribution in [3.8, 4) is 11.5 Å². The van der Waals surface area contributed by atoms with Gasteiger partial charge in [-0.1, -0.05) is 12.1 Å². The van der Waals surface area contributed by atoms with Crippen LogP contribution in [0.1, 0.15) is 30.4 Å². The Labute approximate surface area is 161 Å². The van der Waals surface area contributed by atoms with Crippen LogP contribution in [-0.4, -0.2) is 42.7 Å². The van der Waals surface area contributed by atoms with Gasteiger partial charge in [-0.05, 0) is 62.0 Å². The lowest BCUT2D eigenvalue weighted by Crippen LogP contribution is -2.27. The summed E-state index contributed by atoms with van der Waals surface area (Å²) in [5.74, 6) is 2.32. The molecule has 27 heavy (non-hydrogen) atoms. The largest absolute Gasteiger partial charge is 0.493 e. The maximum absolute atomic E-state index is 5.98. The van der Waals surface area contributed by atoms with E-state index in [-0.39, 0.29) is 0 Å². The van der Waals surface area contributed by atoms with Gasteiger partial charge in [0.25, 0.3) is 0 Å². The first-order chi connectivity index (χ1) is 13.3. The van der Waals surface area contributed by atoms with Gasteiger partial charge in [-0.15, -0.1) is 0 Å². The zero-order valence-electron chi connectivity index (χ0n) is 16.1. The first kappa shape index (κ1) is 18.3. The van der Waals surface area contributed by atoms with Crippen LogP contribution >= 0.6 is 0 Å². The molecule has 2 fully saturated rings. The predicted octanol–water partition coefficient (Wildman–Crippen LogP) is 3.24. The average Bonchev–Trinajstić information content (AvgIpc) is 3.46. The van der Waals surface area contributed by atoms with Crippen molar-refractivity contribution in [1.82, 2.24) is 15.2 Å². The Hall–Kier alpha value is -2.11. The van der Waals surface area contributed by atoms with Crippen LogP contribution in [0, 0.1) is 5.92 Å². The van der Waals surface area contributed by atoms with Crippen LogP contribution in [0.5, 0.6) is 11.5 Å². The van der Waals surface area contributed by atoms with Crippen molar-refractivity contribution < 1.29 is 9.47 Å². The van der Waals surface area contributed by atoms with Crippen LogP contribution in [0.3, 0.4) is 0 Å². The number of hydrogen-bond acceptors (Lipinski definition) is 5. The number of nitrogens with zero attached hydrogens (tertiary/aromatic N) is 2. The lowest BCUT2D eigenvalue weighted by Gasteiger charge is -2.16. The van der Waals surface area contributed by atoms with E-state index in [2.05, 4.69) is 27.3 Å². The molecule has 2 aliphatic rings. The van der Waals surface area contributed by atoms with Crippen LogP contribution in [0.2, 0.25) is 0 Å². The summed E-state index contributed by atoms with van der Waals surface area (Å²) in [5, 5.41) is 3.63. The molecule has 1 unspecified atom stereocenters. The molecule has 1 saturated carbocycles. The van der Waals surface area contributed by atoms with E-state index in [9.17, 15) is 0 Å². The number of methoxy groups -OCH3 is 1. The van der Waals surface area contributed by atoms with E-state index in [0.29, 0.717) is 6.61 Å². The molecule has 0 spiro atoms. The second kappa shape index (κ2) is 8.72. The molecule has 1 N–H and O–H groups in total. The Balaban J connectivity index is 1.28. The van der Waals surface area contributed by atoms with Crippen LogP contribution in [0.15, 0.2) is 42.7 Å². The number of likely N-dealkylation sites (tertiary alicyclic amines) is 1. The molecule has 1 atom stereocenters. The summed E-state index contributed by atoms with van der Waals surface area (Å²) in [5.41, 5.74) is 2.26. The van der Waals surface area contributed by atoms with Crippen LogP contribution in [0.25, 0.3) is 0 Å². The highest BCUT2D eigenvalue weighted by molar-refractivity contribution is 5.43. The highest BCUT2D eigenvalue weighted by Gasteiger charge is 2.33. The van der Waals surface area contributed by atoms with Crippen molar-refractivity contribution in [3.63, 3.8) is 0 Å². The monoisotopic (exact) mass is 367 g/mol. The summed E-state index contributed by atoms with van der Waals surface area (Å²) in [6, 6.07) is 11.0. The van der Waals surface area contributed by atoms with Crippen molar-refractivity contribution >= 4 is 0 Å². The van der Waals surface area contributed by atoms with Gasteiger partial charge in [0.15, 0.2) is 11.5 Å². The van der Waals surface area contributed by atoms with Gasteiger partial charge in [0.05, 0.1) is 7.11 Å². The quantitative estimate of drug-likeness (QED) is 0.737. The first-order valence-corrected chi connectivity index (χ1v) is 9.95. The molecule has 1 aliphatic carbocycles.